The monoisotopic (exact) mass is 357 g/mol. The molecule has 0 saturated carbocycles. The fourth-order valence-corrected chi connectivity index (χ4v) is 2.59. The van der Waals surface area contributed by atoms with E-state index >= 15 is 0 Å². The van der Waals surface area contributed by atoms with Crippen LogP contribution in [-0.2, 0) is 14.3 Å². The van der Waals surface area contributed by atoms with Crippen LogP contribution in [0.5, 0.6) is 0 Å². The van der Waals surface area contributed by atoms with E-state index < -0.39 is 23.7 Å². The van der Waals surface area contributed by atoms with Crippen molar-refractivity contribution in [3.8, 4) is 0 Å². The van der Waals surface area contributed by atoms with Crippen molar-refractivity contribution < 1.29 is 24.2 Å². The van der Waals surface area contributed by atoms with Crippen molar-refractivity contribution in [2.45, 2.75) is 79.4 Å². The van der Waals surface area contributed by atoms with Gasteiger partial charge in [0.25, 0.3) is 0 Å². The second kappa shape index (κ2) is 7.94. The average Bonchev–Trinajstić information content (AvgIpc) is 2.73. The number of carbonyl (C=O) groups excluding carboxylic acids is 2. The molecule has 1 saturated heterocycles. The molecule has 1 N–H and O–H groups in total. The molecule has 25 heavy (non-hydrogen) atoms. The molecule has 0 aromatic heterocycles. The van der Waals surface area contributed by atoms with Crippen molar-refractivity contribution >= 4 is 12.1 Å². The predicted octanol–water partition coefficient (Wildman–Crippen LogP) is 3.36. The van der Waals surface area contributed by atoms with Gasteiger partial charge < -0.3 is 14.6 Å². The summed E-state index contributed by atoms with van der Waals surface area (Å²) in [5.74, 6) is -0.575. The molecular formula is C19H35NO5. The lowest BCUT2D eigenvalue weighted by Gasteiger charge is -2.34. The minimum atomic E-state index is -1.39. The molecule has 0 bridgehead atoms. The Hall–Kier alpha value is -1.30. The molecule has 0 aromatic carbocycles. The predicted molar refractivity (Wildman–Crippen MR) is 96.2 cm³/mol. The molecular weight excluding hydrogens is 322 g/mol. The highest BCUT2D eigenvalue weighted by molar-refractivity contribution is 5.87. The van der Waals surface area contributed by atoms with Crippen molar-refractivity contribution in [1.82, 2.24) is 4.90 Å². The maximum atomic E-state index is 12.6. The summed E-state index contributed by atoms with van der Waals surface area (Å²) in [6.07, 6.45) is 0.239. The third-order valence-electron chi connectivity index (χ3n) is 4.63. The number of esters is 1. The van der Waals surface area contributed by atoms with Crippen LogP contribution < -0.4 is 0 Å². The number of hydrogen-bond donors (Lipinski definition) is 1. The van der Waals surface area contributed by atoms with E-state index in [0.29, 0.717) is 12.8 Å². The van der Waals surface area contributed by atoms with Gasteiger partial charge in [-0.05, 0) is 37.0 Å². The SMILES string of the molecule is CC(C)(C)CCOC(=O)N1CCC(O)C1(C)C(=O)OCCC(C)(C)C. The van der Waals surface area contributed by atoms with E-state index in [9.17, 15) is 14.7 Å². The first-order valence-corrected chi connectivity index (χ1v) is 9.07. The van der Waals surface area contributed by atoms with Crippen molar-refractivity contribution in [3.05, 3.63) is 0 Å². The van der Waals surface area contributed by atoms with Gasteiger partial charge in [-0.25, -0.2) is 9.59 Å². The average molecular weight is 357 g/mol. The molecule has 6 heteroatoms. The maximum Gasteiger partial charge on any atom is 0.410 e. The Bertz CT molecular complexity index is 477. The van der Waals surface area contributed by atoms with Crippen molar-refractivity contribution in [2.75, 3.05) is 19.8 Å². The summed E-state index contributed by atoms with van der Waals surface area (Å²) in [6.45, 7) is 14.8. The molecule has 0 aromatic rings. The molecule has 6 nitrogen and oxygen atoms in total. The Balaban J connectivity index is 2.69. The van der Waals surface area contributed by atoms with Gasteiger partial charge in [0.1, 0.15) is 0 Å². The van der Waals surface area contributed by atoms with Gasteiger partial charge in [0.05, 0.1) is 19.3 Å². The Morgan fingerprint density at radius 1 is 1.04 bits per heavy atom. The lowest BCUT2D eigenvalue weighted by atomic mass is 9.92. The summed E-state index contributed by atoms with van der Waals surface area (Å²) in [4.78, 5) is 26.3. The normalized spacial score (nSPS) is 24.3. The molecule has 146 valence electrons. The van der Waals surface area contributed by atoms with Crippen LogP contribution in [0.2, 0.25) is 0 Å². The van der Waals surface area contributed by atoms with E-state index in [4.69, 9.17) is 9.47 Å². The zero-order valence-electron chi connectivity index (χ0n) is 16.8. The number of likely N-dealkylation sites (tertiary alicyclic amines) is 1. The van der Waals surface area contributed by atoms with Gasteiger partial charge in [-0.15, -0.1) is 0 Å². The Labute approximate surface area is 151 Å². The Kier molecular flexibility index (Phi) is 6.90. The Morgan fingerprint density at radius 3 is 2.00 bits per heavy atom. The number of aliphatic hydroxyl groups is 1. The van der Waals surface area contributed by atoms with Crippen LogP contribution >= 0.6 is 0 Å². The molecule has 1 amide bonds. The van der Waals surface area contributed by atoms with Crippen LogP contribution in [0.4, 0.5) is 4.79 Å². The first-order valence-electron chi connectivity index (χ1n) is 9.07. The largest absolute Gasteiger partial charge is 0.464 e. The number of aliphatic hydroxyl groups excluding tert-OH is 1. The highest BCUT2D eigenvalue weighted by Gasteiger charge is 2.54. The smallest absolute Gasteiger partial charge is 0.410 e. The van der Waals surface area contributed by atoms with Crippen molar-refractivity contribution in [2.24, 2.45) is 10.8 Å². The van der Waals surface area contributed by atoms with Crippen molar-refractivity contribution in [1.29, 1.82) is 0 Å². The van der Waals surface area contributed by atoms with E-state index in [-0.39, 0.29) is 30.6 Å². The Morgan fingerprint density at radius 2 is 1.52 bits per heavy atom. The highest BCUT2D eigenvalue weighted by atomic mass is 16.6. The van der Waals surface area contributed by atoms with Gasteiger partial charge in [0.2, 0.25) is 0 Å². The van der Waals surface area contributed by atoms with Gasteiger partial charge in [-0.2, -0.15) is 0 Å². The van der Waals surface area contributed by atoms with Crippen molar-refractivity contribution in [3.63, 3.8) is 0 Å². The van der Waals surface area contributed by atoms with Crippen LogP contribution in [0.1, 0.15) is 67.7 Å². The molecule has 2 atom stereocenters. The second-order valence-corrected chi connectivity index (χ2v) is 9.48. The second-order valence-electron chi connectivity index (χ2n) is 9.48. The standard InChI is InChI=1S/C19H35NO5/c1-17(2,3)9-12-24-15(22)19(7)14(21)8-11-20(19)16(23)25-13-10-18(4,5)6/h14,21H,8-13H2,1-7H3. The van der Waals surface area contributed by atoms with E-state index in [1.165, 1.54) is 4.90 Å². The first kappa shape index (κ1) is 21.7. The van der Waals surface area contributed by atoms with E-state index in [1.807, 2.05) is 0 Å². The molecule has 0 radical (unpaired) electrons. The van der Waals surface area contributed by atoms with Gasteiger partial charge in [-0.3, -0.25) is 4.90 Å². The lowest BCUT2D eigenvalue weighted by molar-refractivity contribution is -0.160. The van der Waals surface area contributed by atoms with Crippen LogP contribution in [0.3, 0.4) is 0 Å². The van der Waals surface area contributed by atoms with E-state index in [2.05, 4.69) is 41.5 Å². The lowest BCUT2D eigenvalue weighted by Crippen LogP contribution is -2.57. The molecule has 2 unspecified atom stereocenters. The zero-order valence-corrected chi connectivity index (χ0v) is 16.8. The van der Waals surface area contributed by atoms with Gasteiger partial charge >= 0.3 is 12.1 Å². The number of hydrogen-bond acceptors (Lipinski definition) is 5. The summed E-state index contributed by atoms with van der Waals surface area (Å²) < 4.78 is 10.7. The molecule has 0 aliphatic carbocycles. The molecule has 1 aliphatic heterocycles. The van der Waals surface area contributed by atoms with Crippen LogP contribution in [-0.4, -0.2) is 53.5 Å². The third-order valence-corrected chi connectivity index (χ3v) is 4.63. The van der Waals surface area contributed by atoms with Crippen LogP contribution in [0.25, 0.3) is 0 Å². The molecule has 1 fully saturated rings. The fourth-order valence-electron chi connectivity index (χ4n) is 2.59. The summed E-state index contributed by atoms with van der Waals surface area (Å²) in [6, 6.07) is 0. The molecule has 1 rings (SSSR count). The van der Waals surface area contributed by atoms with Crippen LogP contribution in [0.15, 0.2) is 0 Å². The van der Waals surface area contributed by atoms with Crippen LogP contribution in [0, 0.1) is 10.8 Å². The molecule has 1 heterocycles. The maximum absolute atomic E-state index is 12.6. The summed E-state index contributed by atoms with van der Waals surface area (Å²) in [5, 5.41) is 10.3. The van der Waals surface area contributed by atoms with Gasteiger partial charge in [0, 0.05) is 6.54 Å². The molecule has 0 spiro atoms. The number of ether oxygens (including phenoxy) is 2. The number of amides is 1. The van der Waals surface area contributed by atoms with E-state index in [0.717, 1.165) is 6.42 Å². The minimum Gasteiger partial charge on any atom is -0.464 e. The minimum absolute atomic E-state index is 0.0427. The fraction of sp³-hybridized carbons (Fsp3) is 0.895. The van der Waals surface area contributed by atoms with E-state index in [1.54, 1.807) is 6.92 Å². The highest BCUT2D eigenvalue weighted by Crippen LogP contribution is 2.32. The summed E-state index contributed by atoms with van der Waals surface area (Å²) in [7, 11) is 0. The quantitative estimate of drug-likeness (QED) is 0.764. The number of carbonyl (C=O) groups is 2. The number of nitrogens with zero attached hydrogens (tertiary/aromatic N) is 1. The third kappa shape index (κ3) is 6.17. The topological polar surface area (TPSA) is 76.1 Å². The molecule has 1 aliphatic rings. The first-order chi connectivity index (χ1) is 11.3. The summed E-state index contributed by atoms with van der Waals surface area (Å²) >= 11 is 0. The summed E-state index contributed by atoms with van der Waals surface area (Å²) in [5.41, 5.74) is -1.29. The number of rotatable bonds is 5. The van der Waals surface area contributed by atoms with Gasteiger partial charge in [-0.1, -0.05) is 41.5 Å². The van der Waals surface area contributed by atoms with Gasteiger partial charge in [0.15, 0.2) is 5.54 Å². The zero-order chi connectivity index (χ0) is 19.5.